The number of ether oxygens (including phenoxy) is 1. The predicted molar refractivity (Wildman–Crippen MR) is 65.5 cm³/mol. The van der Waals surface area contributed by atoms with Gasteiger partial charge in [0.1, 0.15) is 5.75 Å². The summed E-state index contributed by atoms with van der Waals surface area (Å²) >= 11 is 0. The van der Waals surface area contributed by atoms with Gasteiger partial charge in [0.05, 0.1) is 6.61 Å². The van der Waals surface area contributed by atoms with Gasteiger partial charge in [-0.2, -0.15) is 0 Å². The van der Waals surface area contributed by atoms with Crippen molar-refractivity contribution < 1.29 is 4.74 Å². The Morgan fingerprint density at radius 3 is 2.50 bits per heavy atom. The lowest BCUT2D eigenvalue weighted by Crippen LogP contribution is -1.85. The molecule has 0 unspecified atom stereocenters. The Labute approximate surface area is 94.7 Å². The van der Waals surface area contributed by atoms with E-state index in [1.54, 1.807) is 0 Å². The van der Waals surface area contributed by atoms with E-state index < -0.39 is 0 Å². The maximum atomic E-state index is 5.67. The lowest BCUT2D eigenvalue weighted by molar-refractivity contribution is 0.357. The van der Waals surface area contributed by atoms with Gasteiger partial charge in [-0.15, -0.1) is 0 Å². The van der Waals surface area contributed by atoms with Crippen molar-refractivity contribution in [2.24, 2.45) is 0 Å². The quantitative estimate of drug-likeness (QED) is 0.736. The summed E-state index contributed by atoms with van der Waals surface area (Å²) in [7, 11) is 0. The van der Waals surface area contributed by atoms with Crippen LogP contribution in [0.3, 0.4) is 0 Å². The van der Waals surface area contributed by atoms with Crippen LogP contribution in [0.1, 0.15) is 5.56 Å². The van der Waals surface area contributed by atoms with Gasteiger partial charge >= 0.3 is 0 Å². The summed E-state index contributed by atoms with van der Waals surface area (Å²) in [5.41, 5.74) is 10.2. The SMILES string of the molecule is Nc1ccc(-c2ccc3c(c2)CCO3)cc1. The van der Waals surface area contributed by atoms with Crippen LogP contribution in [0.25, 0.3) is 11.1 Å². The molecule has 0 atom stereocenters. The van der Waals surface area contributed by atoms with E-state index in [0.29, 0.717) is 0 Å². The average molecular weight is 211 g/mol. The number of benzene rings is 2. The molecule has 0 saturated heterocycles. The van der Waals surface area contributed by atoms with Gasteiger partial charge in [-0.25, -0.2) is 0 Å². The smallest absolute Gasteiger partial charge is 0.122 e. The average Bonchev–Trinajstić information content (AvgIpc) is 2.77. The molecule has 0 aromatic heterocycles. The van der Waals surface area contributed by atoms with Crippen molar-refractivity contribution in [3.8, 4) is 16.9 Å². The highest BCUT2D eigenvalue weighted by molar-refractivity contribution is 5.67. The molecule has 0 radical (unpaired) electrons. The molecule has 1 aliphatic heterocycles. The molecule has 0 fully saturated rings. The molecular formula is C14H13NO. The van der Waals surface area contributed by atoms with Crippen LogP contribution in [0.2, 0.25) is 0 Å². The van der Waals surface area contributed by atoms with Crippen molar-refractivity contribution in [2.45, 2.75) is 6.42 Å². The van der Waals surface area contributed by atoms with Crippen molar-refractivity contribution in [3.05, 3.63) is 48.0 Å². The predicted octanol–water partition coefficient (Wildman–Crippen LogP) is 2.87. The van der Waals surface area contributed by atoms with Crippen LogP contribution in [0.15, 0.2) is 42.5 Å². The fourth-order valence-corrected chi connectivity index (χ4v) is 2.04. The molecule has 2 aromatic rings. The highest BCUT2D eigenvalue weighted by atomic mass is 16.5. The number of nitrogen functional groups attached to an aromatic ring is 1. The Kier molecular flexibility index (Phi) is 2.07. The first kappa shape index (κ1) is 9.28. The van der Waals surface area contributed by atoms with Crippen LogP contribution in [-0.2, 0) is 6.42 Å². The van der Waals surface area contributed by atoms with E-state index in [-0.39, 0.29) is 0 Å². The lowest BCUT2D eigenvalue weighted by Gasteiger charge is -2.04. The molecule has 0 aliphatic carbocycles. The zero-order valence-electron chi connectivity index (χ0n) is 8.94. The normalized spacial score (nSPS) is 13.2. The Balaban J connectivity index is 2.03. The number of fused-ring (bicyclic) bond motifs is 1. The van der Waals surface area contributed by atoms with E-state index in [9.17, 15) is 0 Å². The molecule has 2 N–H and O–H groups in total. The first-order chi connectivity index (χ1) is 7.83. The number of anilines is 1. The summed E-state index contributed by atoms with van der Waals surface area (Å²) < 4.78 is 5.49. The topological polar surface area (TPSA) is 35.2 Å². The Morgan fingerprint density at radius 2 is 1.69 bits per heavy atom. The highest BCUT2D eigenvalue weighted by Gasteiger charge is 2.12. The Hall–Kier alpha value is -1.96. The monoisotopic (exact) mass is 211 g/mol. The second-order valence-electron chi connectivity index (χ2n) is 4.04. The third-order valence-electron chi connectivity index (χ3n) is 2.93. The van der Waals surface area contributed by atoms with E-state index in [2.05, 4.69) is 12.1 Å². The summed E-state index contributed by atoms with van der Waals surface area (Å²) in [4.78, 5) is 0. The second-order valence-corrected chi connectivity index (χ2v) is 4.04. The number of hydrogen-bond acceptors (Lipinski definition) is 2. The molecule has 1 heterocycles. The fraction of sp³-hybridized carbons (Fsp3) is 0.143. The summed E-state index contributed by atoms with van der Waals surface area (Å²) in [5.74, 6) is 1.03. The molecule has 2 aromatic carbocycles. The molecule has 16 heavy (non-hydrogen) atoms. The summed E-state index contributed by atoms with van der Waals surface area (Å²) in [6.07, 6.45) is 1.01. The van der Waals surface area contributed by atoms with Gasteiger partial charge in [-0.05, 0) is 41.0 Å². The van der Waals surface area contributed by atoms with Crippen LogP contribution >= 0.6 is 0 Å². The van der Waals surface area contributed by atoms with E-state index in [0.717, 1.165) is 24.5 Å². The van der Waals surface area contributed by atoms with Gasteiger partial charge in [0.25, 0.3) is 0 Å². The van der Waals surface area contributed by atoms with Crippen LogP contribution in [0.4, 0.5) is 5.69 Å². The van der Waals surface area contributed by atoms with E-state index in [1.165, 1.54) is 16.7 Å². The second kappa shape index (κ2) is 3.56. The van der Waals surface area contributed by atoms with E-state index in [4.69, 9.17) is 10.5 Å². The molecular weight excluding hydrogens is 198 g/mol. The lowest BCUT2D eigenvalue weighted by atomic mass is 10.0. The van der Waals surface area contributed by atoms with Crippen molar-refractivity contribution in [1.29, 1.82) is 0 Å². The fourth-order valence-electron chi connectivity index (χ4n) is 2.04. The van der Waals surface area contributed by atoms with E-state index in [1.807, 2.05) is 30.3 Å². The minimum Gasteiger partial charge on any atom is -0.493 e. The largest absolute Gasteiger partial charge is 0.493 e. The van der Waals surface area contributed by atoms with Crippen LogP contribution in [-0.4, -0.2) is 6.61 Å². The molecule has 2 heteroatoms. The van der Waals surface area contributed by atoms with Crippen LogP contribution in [0.5, 0.6) is 5.75 Å². The molecule has 0 bridgehead atoms. The molecule has 0 saturated carbocycles. The minimum atomic E-state index is 0.799. The standard InChI is InChI=1S/C14H13NO/c15-13-4-1-10(2-5-13)11-3-6-14-12(9-11)7-8-16-14/h1-6,9H,7-8,15H2. The van der Waals surface area contributed by atoms with Crippen molar-refractivity contribution in [1.82, 2.24) is 0 Å². The molecule has 2 nitrogen and oxygen atoms in total. The summed E-state index contributed by atoms with van der Waals surface area (Å²) in [6, 6.07) is 14.3. The third kappa shape index (κ3) is 1.52. The zero-order valence-corrected chi connectivity index (χ0v) is 8.94. The first-order valence-corrected chi connectivity index (χ1v) is 5.44. The van der Waals surface area contributed by atoms with Gasteiger partial charge in [0.2, 0.25) is 0 Å². The first-order valence-electron chi connectivity index (χ1n) is 5.44. The molecule has 0 amide bonds. The number of hydrogen-bond donors (Lipinski definition) is 1. The number of nitrogens with two attached hydrogens (primary N) is 1. The van der Waals surface area contributed by atoms with Gasteiger partial charge < -0.3 is 10.5 Å². The summed E-state index contributed by atoms with van der Waals surface area (Å²) in [5, 5.41) is 0. The maximum Gasteiger partial charge on any atom is 0.122 e. The van der Waals surface area contributed by atoms with Crippen molar-refractivity contribution in [2.75, 3.05) is 12.3 Å². The minimum absolute atomic E-state index is 0.799. The molecule has 1 aliphatic rings. The third-order valence-corrected chi connectivity index (χ3v) is 2.93. The van der Waals surface area contributed by atoms with E-state index >= 15 is 0 Å². The zero-order chi connectivity index (χ0) is 11.0. The Bertz CT molecular complexity index is 517. The van der Waals surface area contributed by atoms with Gasteiger partial charge in [0.15, 0.2) is 0 Å². The molecule has 3 rings (SSSR count). The van der Waals surface area contributed by atoms with Crippen LogP contribution in [0, 0.1) is 0 Å². The van der Waals surface area contributed by atoms with Crippen molar-refractivity contribution >= 4 is 5.69 Å². The number of rotatable bonds is 1. The molecule has 80 valence electrons. The molecule has 0 spiro atoms. The van der Waals surface area contributed by atoms with Gasteiger partial charge in [0, 0.05) is 12.1 Å². The highest BCUT2D eigenvalue weighted by Crippen LogP contribution is 2.30. The van der Waals surface area contributed by atoms with Gasteiger partial charge in [-0.3, -0.25) is 0 Å². The summed E-state index contributed by atoms with van der Waals surface area (Å²) in [6.45, 7) is 0.806. The van der Waals surface area contributed by atoms with Gasteiger partial charge in [-0.1, -0.05) is 18.2 Å². The maximum absolute atomic E-state index is 5.67. The van der Waals surface area contributed by atoms with Crippen LogP contribution < -0.4 is 10.5 Å². The Morgan fingerprint density at radius 1 is 0.938 bits per heavy atom. The van der Waals surface area contributed by atoms with Crippen molar-refractivity contribution in [3.63, 3.8) is 0 Å².